The fraction of sp³-hybridized carbons (Fsp3) is 0.333. The Labute approximate surface area is 160 Å². The molecule has 0 saturated heterocycles. The molecule has 6 heteroatoms. The van der Waals surface area contributed by atoms with E-state index in [1.807, 2.05) is 12.3 Å². The number of carbonyl (C=O) groups excluding carboxylic acids is 2. The van der Waals surface area contributed by atoms with E-state index in [1.54, 1.807) is 6.07 Å². The van der Waals surface area contributed by atoms with Gasteiger partial charge in [-0.15, -0.1) is 11.3 Å². The number of fused-ring (bicyclic) bond motifs is 1. The molecule has 2 aromatic rings. The molecule has 1 aromatic carbocycles. The van der Waals surface area contributed by atoms with E-state index in [2.05, 4.69) is 5.32 Å². The minimum atomic E-state index is -0.553. The second kappa shape index (κ2) is 6.60. The van der Waals surface area contributed by atoms with E-state index in [0.717, 1.165) is 39.9 Å². The van der Waals surface area contributed by atoms with Crippen molar-refractivity contribution in [2.75, 3.05) is 7.11 Å². The molecule has 1 N–H and O–H groups in total. The van der Waals surface area contributed by atoms with Crippen molar-refractivity contribution in [3.05, 3.63) is 57.5 Å². The Kier molecular flexibility index (Phi) is 4.38. The van der Waals surface area contributed by atoms with Gasteiger partial charge >= 0.3 is 5.97 Å². The first-order chi connectivity index (χ1) is 12.9. The SMILES string of the molecule is COC(=O)C1=C(C2CC2)NC(C)=C(C(C)=O)C1c1csc2ccc(F)cc12. The summed E-state index contributed by atoms with van der Waals surface area (Å²) in [7, 11) is 1.35. The summed E-state index contributed by atoms with van der Waals surface area (Å²) in [5, 5.41) is 5.95. The lowest BCUT2D eigenvalue weighted by atomic mass is 9.78. The predicted octanol–water partition coefficient (Wildman–Crippen LogP) is 4.43. The molecule has 1 aromatic heterocycles. The third-order valence-electron chi connectivity index (χ3n) is 5.24. The molecule has 140 valence electrons. The van der Waals surface area contributed by atoms with Gasteiger partial charge in [0.25, 0.3) is 0 Å². The summed E-state index contributed by atoms with van der Waals surface area (Å²) in [6.07, 6.45) is 1.99. The van der Waals surface area contributed by atoms with Crippen molar-refractivity contribution >= 4 is 33.2 Å². The fourth-order valence-corrected chi connectivity index (χ4v) is 4.87. The summed E-state index contributed by atoms with van der Waals surface area (Å²) in [6.45, 7) is 3.36. The van der Waals surface area contributed by atoms with Crippen molar-refractivity contribution in [2.24, 2.45) is 5.92 Å². The Balaban J connectivity index is 2.00. The number of ether oxygens (including phenoxy) is 1. The quantitative estimate of drug-likeness (QED) is 0.791. The molecule has 2 aliphatic rings. The first-order valence-corrected chi connectivity index (χ1v) is 9.78. The average Bonchev–Trinajstić information content (AvgIpc) is 3.40. The molecule has 0 spiro atoms. The van der Waals surface area contributed by atoms with E-state index in [9.17, 15) is 14.0 Å². The number of esters is 1. The zero-order valence-electron chi connectivity index (χ0n) is 15.4. The Morgan fingerprint density at radius 3 is 2.63 bits per heavy atom. The number of hydrogen-bond acceptors (Lipinski definition) is 5. The number of rotatable bonds is 4. The number of allylic oxidation sites excluding steroid dienone is 3. The minimum Gasteiger partial charge on any atom is -0.466 e. The van der Waals surface area contributed by atoms with Crippen LogP contribution in [0.1, 0.15) is 38.2 Å². The van der Waals surface area contributed by atoms with Crippen LogP contribution in [0.25, 0.3) is 10.1 Å². The first kappa shape index (κ1) is 17.9. The van der Waals surface area contributed by atoms with Crippen molar-refractivity contribution in [2.45, 2.75) is 32.6 Å². The molecule has 4 rings (SSSR count). The topological polar surface area (TPSA) is 55.4 Å². The molecule has 1 saturated carbocycles. The smallest absolute Gasteiger partial charge is 0.336 e. The van der Waals surface area contributed by atoms with Crippen LogP contribution in [0, 0.1) is 11.7 Å². The molecule has 0 bridgehead atoms. The summed E-state index contributed by atoms with van der Waals surface area (Å²) in [6, 6.07) is 4.62. The van der Waals surface area contributed by atoms with Gasteiger partial charge in [-0.05, 0) is 67.1 Å². The molecular formula is C21H20FNO3S. The van der Waals surface area contributed by atoms with Gasteiger partial charge in [-0.25, -0.2) is 9.18 Å². The highest BCUT2D eigenvalue weighted by Crippen LogP contribution is 2.48. The molecule has 0 radical (unpaired) electrons. The van der Waals surface area contributed by atoms with Crippen LogP contribution in [0.2, 0.25) is 0 Å². The second-order valence-electron chi connectivity index (χ2n) is 7.08. The molecule has 2 heterocycles. The Bertz CT molecular complexity index is 1030. The van der Waals surface area contributed by atoms with Crippen molar-refractivity contribution in [3.63, 3.8) is 0 Å². The molecule has 1 aliphatic heterocycles. The predicted molar refractivity (Wildman–Crippen MR) is 103 cm³/mol. The van der Waals surface area contributed by atoms with Crippen LogP contribution in [0.3, 0.4) is 0 Å². The maximum atomic E-state index is 13.9. The second-order valence-corrected chi connectivity index (χ2v) is 7.99. The highest BCUT2D eigenvalue weighted by molar-refractivity contribution is 7.17. The number of nitrogens with one attached hydrogen (secondary N) is 1. The number of dihydropyridines is 1. The van der Waals surface area contributed by atoms with Gasteiger partial charge in [-0.2, -0.15) is 0 Å². The maximum Gasteiger partial charge on any atom is 0.336 e. The normalized spacial score (nSPS) is 20.1. The number of halogens is 1. The Morgan fingerprint density at radius 1 is 1.26 bits per heavy atom. The highest BCUT2D eigenvalue weighted by atomic mass is 32.1. The zero-order chi connectivity index (χ0) is 19.3. The molecule has 1 unspecified atom stereocenters. The van der Waals surface area contributed by atoms with E-state index >= 15 is 0 Å². The number of hydrogen-bond donors (Lipinski definition) is 1. The number of benzene rings is 1. The zero-order valence-corrected chi connectivity index (χ0v) is 16.2. The lowest BCUT2D eigenvalue weighted by molar-refractivity contribution is -0.136. The number of ketones is 1. The average molecular weight is 385 g/mol. The number of methoxy groups -OCH3 is 1. The van der Waals surface area contributed by atoms with Crippen LogP contribution in [0.15, 0.2) is 46.1 Å². The Hall–Kier alpha value is -2.47. The number of carbonyl (C=O) groups is 2. The van der Waals surface area contributed by atoms with Gasteiger partial charge in [0, 0.05) is 27.6 Å². The fourth-order valence-electron chi connectivity index (χ4n) is 3.91. The van der Waals surface area contributed by atoms with Gasteiger partial charge in [-0.3, -0.25) is 4.79 Å². The van der Waals surface area contributed by atoms with Gasteiger partial charge < -0.3 is 10.1 Å². The summed E-state index contributed by atoms with van der Waals surface area (Å²) >= 11 is 1.48. The van der Waals surface area contributed by atoms with Crippen LogP contribution in [0.5, 0.6) is 0 Å². The van der Waals surface area contributed by atoms with Crippen LogP contribution >= 0.6 is 11.3 Å². The summed E-state index contributed by atoms with van der Waals surface area (Å²) in [5.41, 5.74) is 3.37. The molecule has 1 fully saturated rings. The lowest BCUT2D eigenvalue weighted by Crippen LogP contribution is -2.32. The van der Waals surface area contributed by atoms with Crippen LogP contribution < -0.4 is 5.32 Å². The van der Waals surface area contributed by atoms with Gasteiger partial charge in [0.05, 0.1) is 12.7 Å². The highest BCUT2D eigenvalue weighted by Gasteiger charge is 2.42. The van der Waals surface area contributed by atoms with Crippen molar-refractivity contribution in [1.29, 1.82) is 0 Å². The van der Waals surface area contributed by atoms with E-state index in [0.29, 0.717) is 11.1 Å². The first-order valence-electron chi connectivity index (χ1n) is 8.90. The van der Waals surface area contributed by atoms with E-state index in [4.69, 9.17) is 4.74 Å². The van der Waals surface area contributed by atoms with Crippen molar-refractivity contribution in [1.82, 2.24) is 5.32 Å². The van der Waals surface area contributed by atoms with Gasteiger partial charge in [0.1, 0.15) is 5.82 Å². The van der Waals surface area contributed by atoms with Gasteiger partial charge in [0.15, 0.2) is 5.78 Å². The number of Topliss-reactive ketones (excluding diaryl/α,β-unsaturated/α-hetero) is 1. The third kappa shape index (κ3) is 2.98. The number of thiophene rings is 1. The molecular weight excluding hydrogens is 365 g/mol. The third-order valence-corrected chi connectivity index (χ3v) is 6.22. The van der Waals surface area contributed by atoms with E-state index < -0.39 is 11.9 Å². The van der Waals surface area contributed by atoms with Gasteiger partial charge in [0.2, 0.25) is 0 Å². The molecule has 27 heavy (non-hydrogen) atoms. The lowest BCUT2D eigenvalue weighted by Gasteiger charge is -2.31. The van der Waals surface area contributed by atoms with Crippen molar-refractivity contribution < 1.29 is 18.7 Å². The van der Waals surface area contributed by atoms with E-state index in [-0.39, 0.29) is 17.5 Å². The summed E-state index contributed by atoms with van der Waals surface area (Å²) < 4.78 is 19.9. The molecule has 1 aliphatic carbocycles. The monoisotopic (exact) mass is 385 g/mol. The van der Waals surface area contributed by atoms with Crippen molar-refractivity contribution in [3.8, 4) is 0 Å². The molecule has 1 atom stereocenters. The largest absolute Gasteiger partial charge is 0.466 e. The summed E-state index contributed by atoms with van der Waals surface area (Å²) in [4.78, 5) is 25.3. The van der Waals surface area contributed by atoms with Crippen LogP contribution in [0.4, 0.5) is 4.39 Å². The van der Waals surface area contributed by atoms with Crippen LogP contribution in [-0.2, 0) is 14.3 Å². The van der Waals surface area contributed by atoms with Crippen LogP contribution in [-0.4, -0.2) is 18.9 Å². The standard InChI is InChI=1S/C21H20FNO3S/c1-10-17(11(2)24)18(15-9-27-16-7-6-13(22)8-14(15)16)19(21(25)26-3)20(23-10)12-4-5-12/h6-9,12,18,23H,4-5H2,1-3H3. The molecule has 4 nitrogen and oxygen atoms in total. The molecule has 0 amide bonds. The van der Waals surface area contributed by atoms with E-state index in [1.165, 1.54) is 37.5 Å². The van der Waals surface area contributed by atoms with Gasteiger partial charge in [-0.1, -0.05) is 0 Å². The maximum absolute atomic E-state index is 13.9. The Morgan fingerprint density at radius 2 is 2.00 bits per heavy atom. The minimum absolute atomic E-state index is 0.114. The summed E-state index contributed by atoms with van der Waals surface area (Å²) in [5.74, 6) is -1.19.